The van der Waals surface area contributed by atoms with Crippen molar-refractivity contribution in [1.29, 1.82) is 0 Å². The lowest BCUT2D eigenvalue weighted by Crippen LogP contribution is -2.55. The second kappa shape index (κ2) is 6.48. The van der Waals surface area contributed by atoms with Crippen molar-refractivity contribution >= 4 is 12.1 Å². The van der Waals surface area contributed by atoms with Gasteiger partial charge in [-0.25, -0.2) is 0 Å². The van der Waals surface area contributed by atoms with Crippen molar-refractivity contribution in [3.05, 3.63) is 35.4 Å². The summed E-state index contributed by atoms with van der Waals surface area (Å²) in [5, 5.41) is 6.18. The number of benzene rings is 1. The van der Waals surface area contributed by atoms with E-state index >= 15 is 0 Å². The van der Waals surface area contributed by atoms with Crippen LogP contribution in [0.4, 0.5) is 13.2 Å². The molecule has 2 rings (SSSR count). The van der Waals surface area contributed by atoms with Gasteiger partial charge in [0.2, 0.25) is 0 Å². The smallest absolute Gasteiger partial charge is 0.358 e. The van der Waals surface area contributed by atoms with Gasteiger partial charge < -0.3 is 15.4 Å². The fourth-order valence-electron chi connectivity index (χ4n) is 2.48. The monoisotopic (exact) mass is 313 g/mol. The van der Waals surface area contributed by atoms with Crippen molar-refractivity contribution in [2.75, 3.05) is 20.1 Å². The normalized spacial score (nSPS) is 18.8. The van der Waals surface area contributed by atoms with E-state index in [9.17, 15) is 18.0 Å². The molecule has 0 aromatic heterocycles. The lowest BCUT2D eigenvalue weighted by molar-refractivity contribution is -0.137. The number of nitrogens with one attached hydrogen (secondary N) is 2. The Kier molecular flexibility index (Phi) is 4.85. The number of hydrogen-bond acceptors (Lipinski definition) is 3. The number of carbonyl (C=O) groups excluding carboxylic acids is 1. The van der Waals surface area contributed by atoms with Crippen molar-refractivity contribution in [3.63, 3.8) is 0 Å². The fourth-order valence-corrected chi connectivity index (χ4v) is 2.48. The third-order valence-electron chi connectivity index (χ3n) is 3.78. The summed E-state index contributed by atoms with van der Waals surface area (Å²) in [6, 6.07) is 4.93. The van der Waals surface area contributed by atoms with E-state index in [1.807, 2.05) is 0 Å². The Balaban J connectivity index is 2.27. The highest BCUT2D eigenvalue weighted by atomic mass is 19.4. The first-order valence-electron chi connectivity index (χ1n) is 7.00. The Morgan fingerprint density at radius 3 is 2.59 bits per heavy atom. The molecule has 0 spiro atoms. The van der Waals surface area contributed by atoms with E-state index in [1.54, 1.807) is 6.07 Å². The molecule has 1 heterocycles. The maximum absolute atomic E-state index is 12.8. The van der Waals surface area contributed by atoms with Crippen LogP contribution >= 0.6 is 0 Å². The van der Waals surface area contributed by atoms with E-state index < -0.39 is 17.3 Å². The van der Waals surface area contributed by atoms with E-state index in [-0.39, 0.29) is 0 Å². The van der Waals surface area contributed by atoms with E-state index in [1.165, 1.54) is 13.1 Å². The predicted octanol–water partition coefficient (Wildman–Crippen LogP) is 1.99. The van der Waals surface area contributed by atoms with Crippen LogP contribution in [0.2, 0.25) is 0 Å². The molecule has 4 nitrogen and oxygen atoms in total. The number of aliphatic imine (C=N–C) groups is 1. The van der Waals surface area contributed by atoms with Crippen molar-refractivity contribution in [3.8, 4) is 0 Å². The molecule has 7 heteroatoms. The lowest BCUT2D eigenvalue weighted by Gasteiger charge is -2.34. The van der Waals surface area contributed by atoms with E-state index in [2.05, 4.69) is 15.6 Å². The highest BCUT2D eigenvalue weighted by molar-refractivity contribution is 6.00. The molecule has 1 aliphatic rings. The molecule has 0 bridgehead atoms. The summed E-state index contributed by atoms with van der Waals surface area (Å²) in [4.78, 5) is 15.5. The number of rotatable bonds is 3. The van der Waals surface area contributed by atoms with Gasteiger partial charge in [-0.15, -0.1) is 0 Å². The Morgan fingerprint density at radius 2 is 2.05 bits per heavy atom. The van der Waals surface area contributed by atoms with Crippen LogP contribution in [0.3, 0.4) is 0 Å². The van der Waals surface area contributed by atoms with Gasteiger partial charge in [-0.1, -0.05) is 12.1 Å². The quantitative estimate of drug-likeness (QED) is 0.510. The molecule has 0 amide bonds. The topological polar surface area (TPSA) is 53.5 Å². The molecule has 1 aliphatic heterocycles. The standard InChI is InChI=1S/C15H18F3N3O/c1-19-13(21-14(10-22)5-7-20-8-6-14)11-3-2-4-12(9-11)15(16,17)18/h2-4,9-10,20H,5-8H2,1H3,(H,19,21). The number of aldehydes is 1. The first-order chi connectivity index (χ1) is 10.4. The van der Waals surface area contributed by atoms with Gasteiger partial charge in [0.1, 0.15) is 12.1 Å². The first-order valence-corrected chi connectivity index (χ1v) is 7.00. The molecular weight excluding hydrogens is 295 g/mol. The maximum Gasteiger partial charge on any atom is 0.416 e. The van der Waals surface area contributed by atoms with Crippen LogP contribution in [0.25, 0.3) is 0 Å². The summed E-state index contributed by atoms with van der Waals surface area (Å²) in [6.45, 7) is 1.34. The number of halogens is 3. The lowest BCUT2D eigenvalue weighted by atomic mass is 9.89. The van der Waals surface area contributed by atoms with Gasteiger partial charge in [0.15, 0.2) is 0 Å². The molecule has 22 heavy (non-hydrogen) atoms. The minimum Gasteiger partial charge on any atom is -0.358 e. The summed E-state index contributed by atoms with van der Waals surface area (Å²) < 4.78 is 38.4. The molecule has 1 aromatic rings. The van der Waals surface area contributed by atoms with Crippen LogP contribution in [0.5, 0.6) is 0 Å². The van der Waals surface area contributed by atoms with Gasteiger partial charge in [-0.3, -0.25) is 4.99 Å². The molecule has 0 saturated carbocycles. The van der Waals surface area contributed by atoms with Crippen molar-refractivity contribution in [2.45, 2.75) is 24.6 Å². The summed E-state index contributed by atoms with van der Waals surface area (Å²) in [5.41, 5.74) is -1.20. The summed E-state index contributed by atoms with van der Waals surface area (Å²) in [7, 11) is 1.49. The zero-order chi connectivity index (χ0) is 16.2. The second-order valence-corrected chi connectivity index (χ2v) is 5.30. The van der Waals surface area contributed by atoms with E-state index in [0.29, 0.717) is 37.3 Å². The molecule has 1 aromatic carbocycles. The second-order valence-electron chi connectivity index (χ2n) is 5.30. The minimum atomic E-state index is -4.41. The van der Waals surface area contributed by atoms with Gasteiger partial charge in [0, 0.05) is 12.6 Å². The Hall–Kier alpha value is -1.89. The Labute approximate surface area is 126 Å². The van der Waals surface area contributed by atoms with Crippen LogP contribution in [0.15, 0.2) is 29.3 Å². The molecule has 0 atom stereocenters. The minimum absolute atomic E-state index is 0.292. The molecule has 0 radical (unpaired) electrons. The molecule has 1 fully saturated rings. The Bertz CT molecular complexity index is 563. The van der Waals surface area contributed by atoms with Crippen molar-refractivity contribution in [2.24, 2.45) is 4.99 Å². The highest BCUT2D eigenvalue weighted by Crippen LogP contribution is 2.29. The highest BCUT2D eigenvalue weighted by Gasteiger charge is 2.34. The molecule has 120 valence electrons. The average molecular weight is 313 g/mol. The van der Waals surface area contributed by atoms with Gasteiger partial charge in [0.25, 0.3) is 0 Å². The van der Waals surface area contributed by atoms with E-state index in [4.69, 9.17) is 0 Å². The van der Waals surface area contributed by atoms with Gasteiger partial charge >= 0.3 is 6.18 Å². The third-order valence-corrected chi connectivity index (χ3v) is 3.78. The zero-order valence-corrected chi connectivity index (χ0v) is 12.2. The molecule has 0 aliphatic carbocycles. The van der Waals surface area contributed by atoms with E-state index in [0.717, 1.165) is 18.4 Å². The summed E-state index contributed by atoms with van der Waals surface area (Å²) in [6.07, 6.45) is -2.46. The number of hydrogen-bond donors (Lipinski definition) is 2. The molecule has 2 N–H and O–H groups in total. The van der Waals surface area contributed by atoms with Crippen LogP contribution in [-0.2, 0) is 11.0 Å². The zero-order valence-electron chi connectivity index (χ0n) is 12.2. The van der Waals surface area contributed by atoms with Gasteiger partial charge in [0.05, 0.1) is 11.1 Å². The number of nitrogens with zero attached hydrogens (tertiary/aromatic N) is 1. The number of alkyl halides is 3. The van der Waals surface area contributed by atoms with Crippen LogP contribution in [-0.4, -0.2) is 37.8 Å². The summed E-state index contributed by atoms with van der Waals surface area (Å²) in [5.74, 6) is 0.292. The molecular formula is C15H18F3N3O. The first kappa shape index (κ1) is 16.5. The Morgan fingerprint density at radius 1 is 1.36 bits per heavy atom. The average Bonchev–Trinajstić information content (AvgIpc) is 2.53. The molecule has 1 saturated heterocycles. The third kappa shape index (κ3) is 3.65. The van der Waals surface area contributed by atoms with Crippen LogP contribution in [0.1, 0.15) is 24.0 Å². The fraction of sp³-hybridized carbons (Fsp3) is 0.467. The number of amidine groups is 1. The van der Waals surface area contributed by atoms with Gasteiger partial charge in [-0.05, 0) is 38.1 Å². The molecule has 0 unspecified atom stereocenters. The van der Waals surface area contributed by atoms with Crippen LogP contribution < -0.4 is 10.6 Å². The van der Waals surface area contributed by atoms with Crippen molar-refractivity contribution < 1.29 is 18.0 Å². The number of carbonyl (C=O) groups is 1. The number of piperidine rings is 1. The summed E-state index contributed by atoms with van der Waals surface area (Å²) >= 11 is 0. The SMILES string of the molecule is CN=C(NC1(C=O)CCNCC1)c1cccc(C(F)(F)F)c1. The van der Waals surface area contributed by atoms with Crippen molar-refractivity contribution in [1.82, 2.24) is 10.6 Å². The van der Waals surface area contributed by atoms with Gasteiger partial charge in [-0.2, -0.15) is 13.2 Å². The van der Waals surface area contributed by atoms with Crippen LogP contribution in [0, 0.1) is 0 Å². The maximum atomic E-state index is 12.8. The largest absolute Gasteiger partial charge is 0.416 e. The predicted molar refractivity (Wildman–Crippen MR) is 77.9 cm³/mol.